The van der Waals surface area contributed by atoms with Gasteiger partial charge in [0.05, 0.1) is 0 Å². The number of carboxylic acids is 1. The molecule has 110 valence electrons. The van der Waals surface area contributed by atoms with E-state index in [1.807, 2.05) is 0 Å². The van der Waals surface area contributed by atoms with Gasteiger partial charge in [0.25, 0.3) is 0 Å². The van der Waals surface area contributed by atoms with Crippen LogP contribution in [-0.2, 0) is 4.79 Å². The lowest BCUT2D eigenvalue weighted by Gasteiger charge is -2.42. The van der Waals surface area contributed by atoms with Gasteiger partial charge in [-0.25, -0.2) is 0 Å². The van der Waals surface area contributed by atoms with Gasteiger partial charge in [0.1, 0.15) is 5.54 Å². The third-order valence-electron chi connectivity index (χ3n) is 4.82. The van der Waals surface area contributed by atoms with Crippen LogP contribution in [0.15, 0.2) is 0 Å². The molecule has 0 aromatic carbocycles. The van der Waals surface area contributed by atoms with Crippen molar-refractivity contribution >= 4 is 5.97 Å². The molecule has 0 aromatic heterocycles. The highest BCUT2D eigenvalue weighted by Gasteiger charge is 2.44. The summed E-state index contributed by atoms with van der Waals surface area (Å²) in [6, 6.07) is 0.458. The molecular weight excluding hydrogens is 240 g/mol. The molecule has 4 nitrogen and oxygen atoms in total. The lowest BCUT2D eigenvalue weighted by Crippen LogP contribution is -2.58. The standard InChI is InChI=1S/C15H28N2O2/c1-3-8-16-15(14(18)19)7-4-5-13(10-15)17-9-6-12(2)11-17/h12-13,16H,3-11H2,1-2H3,(H,18,19). The van der Waals surface area contributed by atoms with Crippen molar-refractivity contribution in [3.63, 3.8) is 0 Å². The smallest absolute Gasteiger partial charge is 0.323 e. The second-order valence-corrected chi connectivity index (χ2v) is 6.45. The van der Waals surface area contributed by atoms with E-state index < -0.39 is 11.5 Å². The molecule has 19 heavy (non-hydrogen) atoms. The summed E-state index contributed by atoms with van der Waals surface area (Å²) < 4.78 is 0. The van der Waals surface area contributed by atoms with Gasteiger partial charge < -0.3 is 15.3 Å². The molecule has 0 spiro atoms. The monoisotopic (exact) mass is 268 g/mol. The number of aliphatic carboxylic acids is 1. The predicted molar refractivity (Wildman–Crippen MR) is 76.3 cm³/mol. The van der Waals surface area contributed by atoms with Crippen LogP contribution in [0, 0.1) is 5.92 Å². The maximum atomic E-state index is 11.7. The van der Waals surface area contributed by atoms with Gasteiger partial charge in [-0.15, -0.1) is 0 Å². The minimum atomic E-state index is -0.676. The zero-order chi connectivity index (χ0) is 13.9. The van der Waals surface area contributed by atoms with E-state index in [9.17, 15) is 9.90 Å². The fraction of sp³-hybridized carbons (Fsp3) is 0.933. The highest BCUT2D eigenvalue weighted by Crippen LogP contribution is 2.34. The number of carbonyl (C=O) groups is 1. The minimum absolute atomic E-state index is 0.458. The summed E-state index contributed by atoms with van der Waals surface area (Å²) in [6.45, 7) is 7.48. The van der Waals surface area contributed by atoms with Gasteiger partial charge in [0.15, 0.2) is 0 Å². The first kappa shape index (κ1) is 14.8. The molecule has 1 saturated heterocycles. The molecule has 1 heterocycles. The van der Waals surface area contributed by atoms with Crippen LogP contribution < -0.4 is 5.32 Å². The summed E-state index contributed by atoms with van der Waals surface area (Å²) in [5.74, 6) is 0.114. The van der Waals surface area contributed by atoms with Crippen LogP contribution in [0.25, 0.3) is 0 Å². The summed E-state index contributed by atoms with van der Waals surface area (Å²) in [7, 11) is 0. The Morgan fingerprint density at radius 2 is 2.26 bits per heavy atom. The number of nitrogens with zero attached hydrogens (tertiary/aromatic N) is 1. The molecule has 2 rings (SSSR count). The van der Waals surface area contributed by atoms with Crippen LogP contribution in [0.2, 0.25) is 0 Å². The van der Waals surface area contributed by atoms with Gasteiger partial charge in [-0.3, -0.25) is 4.79 Å². The van der Waals surface area contributed by atoms with Crippen molar-refractivity contribution in [1.29, 1.82) is 0 Å². The summed E-state index contributed by atoms with van der Waals surface area (Å²) in [5, 5.41) is 13.0. The maximum Gasteiger partial charge on any atom is 0.323 e. The molecule has 2 fully saturated rings. The quantitative estimate of drug-likeness (QED) is 0.801. The van der Waals surface area contributed by atoms with Crippen LogP contribution in [-0.4, -0.2) is 47.2 Å². The average molecular weight is 268 g/mol. The molecule has 2 N–H and O–H groups in total. The second kappa shape index (κ2) is 6.23. The summed E-state index contributed by atoms with van der Waals surface area (Å²) in [5.41, 5.74) is -0.676. The Bertz CT molecular complexity index is 321. The first-order chi connectivity index (χ1) is 9.07. The molecule has 1 aliphatic carbocycles. The fourth-order valence-corrected chi connectivity index (χ4v) is 3.65. The molecule has 1 saturated carbocycles. The van der Waals surface area contributed by atoms with Crippen LogP contribution in [0.4, 0.5) is 0 Å². The molecule has 3 unspecified atom stereocenters. The van der Waals surface area contributed by atoms with Crippen molar-refractivity contribution in [3.8, 4) is 0 Å². The molecular formula is C15H28N2O2. The van der Waals surface area contributed by atoms with Gasteiger partial charge in [0, 0.05) is 12.6 Å². The Morgan fingerprint density at radius 1 is 1.47 bits per heavy atom. The molecule has 0 amide bonds. The van der Waals surface area contributed by atoms with Gasteiger partial charge >= 0.3 is 5.97 Å². The number of nitrogens with one attached hydrogen (secondary N) is 1. The molecule has 2 aliphatic rings. The van der Waals surface area contributed by atoms with Gasteiger partial charge in [0.2, 0.25) is 0 Å². The van der Waals surface area contributed by atoms with E-state index in [0.29, 0.717) is 6.04 Å². The van der Waals surface area contributed by atoms with Gasteiger partial charge in [-0.2, -0.15) is 0 Å². The van der Waals surface area contributed by atoms with Crippen LogP contribution in [0.5, 0.6) is 0 Å². The molecule has 0 bridgehead atoms. The van der Waals surface area contributed by atoms with Gasteiger partial charge in [-0.05, 0) is 57.5 Å². The number of hydrogen-bond acceptors (Lipinski definition) is 3. The minimum Gasteiger partial charge on any atom is -0.480 e. The normalized spacial score (nSPS) is 36.5. The Morgan fingerprint density at radius 3 is 2.84 bits per heavy atom. The second-order valence-electron chi connectivity index (χ2n) is 6.45. The summed E-state index contributed by atoms with van der Waals surface area (Å²) in [6.07, 6.45) is 5.99. The zero-order valence-corrected chi connectivity index (χ0v) is 12.3. The highest BCUT2D eigenvalue weighted by atomic mass is 16.4. The number of rotatable bonds is 5. The van der Waals surface area contributed by atoms with Gasteiger partial charge in [-0.1, -0.05) is 13.8 Å². The van der Waals surface area contributed by atoms with E-state index in [4.69, 9.17) is 0 Å². The lowest BCUT2D eigenvalue weighted by molar-refractivity contribution is -0.147. The van der Waals surface area contributed by atoms with Crippen LogP contribution >= 0.6 is 0 Å². The molecule has 4 heteroatoms. The summed E-state index contributed by atoms with van der Waals surface area (Å²) >= 11 is 0. The Balaban J connectivity index is 2.02. The Labute approximate surface area is 116 Å². The Hall–Kier alpha value is -0.610. The number of hydrogen-bond donors (Lipinski definition) is 2. The van der Waals surface area contributed by atoms with Crippen molar-refractivity contribution in [1.82, 2.24) is 10.2 Å². The number of likely N-dealkylation sites (tertiary alicyclic amines) is 1. The molecule has 0 radical (unpaired) electrons. The van der Waals surface area contributed by atoms with Crippen molar-refractivity contribution in [3.05, 3.63) is 0 Å². The third-order valence-corrected chi connectivity index (χ3v) is 4.82. The van der Waals surface area contributed by atoms with Crippen LogP contribution in [0.3, 0.4) is 0 Å². The van der Waals surface area contributed by atoms with Crippen molar-refractivity contribution in [2.75, 3.05) is 19.6 Å². The zero-order valence-electron chi connectivity index (χ0n) is 12.3. The largest absolute Gasteiger partial charge is 0.480 e. The van der Waals surface area contributed by atoms with E-state index in [2.05, 4.69) is 24.1 Å². The van der Waals surface area contributed by atoms with Crippen molar-refractivity contribution < 1.29 is 9.90 Å². The average Bonchev–Trinajstić information content (AvgIpc) is 2.83. The first-order valence-electron chi connectivity index (χ1n) is 7.80. The highest BCUT2D eigenvalue weighted by molar-refractivity contribution is 5.79. The van der Waals surface area contributed by atoms with E-state index in [0.717, 1.165) is 57.7 Å². The molecule has 3 atom stereocenters. The van der Waals surface area contributed by atoms with E-state index in [1.54, 1.807) is 0 Å². The maximum absolute atomic E-state index is 11.7. The Kier molecular flexibility index (Phi) is 4.85. The lowest BCUT2D eigenvalue weighted by atomic mass is 9.78. The van der Waals surface area contributed by atoms with E-state index in [1.165, 1.54) is 6.42 Å². The van der Waals surface area contributed by atoms with Crippen LogP contribution in [0.1, 0.15) is 52.4 Å². The first-order valence-corrected chi connectivity index (χ1v) is 7.80. The van der Waals surface area contributed by atoms with E-state index >= 15 is 0 Å². The number of carboxylic acid groups (broad SMARTS) is 1. The molecule has 1 aliphatic heterocycles. The summed E-state index contributed by atoms with van der Waals surface area (Å²) in [4.78, 5) is 14.2. The van der Waals surface area contributed by atoms with Crippen molar-refractivity contribution in [2.24, 2.45) is 5.92 Å². The SMILES string of the molecule is CCCNC1(C(=O)O)CCCC(N2CCC(C)C2)C1. The van der Waals surface area contributed by atoms with E-state index in [-0.39, 0.29) is 0 Å². The fourth-order valence-electron chi connectivity index (χ4n) is 3.65. The van der Waals surface area contributed by atoms with Crippen molar-refractivity contribution in [2.45, 2.75) is 64.0 Å². The third kappa shape index (κ3) is 3.29. The molecule has 0 aromatic rings. The predicted octanol–water partition coefficient (Wildman–Crippen LogP) is 2.09. The topological polar surface area (TPSA) is 52.6 Å².